The Labute approximate surface area is 199 Å². The van der Waals surface area contributed by atoms with Crippen LogP contribution < -0.4 is 20.1 Å². The van der Waals surface area contributed by atoms with Gasteiger partial charge in [-0.2, -0.15) is 0 Å². The van der Waals surface area contributed by atoms with Gasteiger partial charge in [0.05, 0.1) is 26.5 Å². The van der Waals surface area contributed by atoms with Crippen molar-refractivity contribution in [2.24, 2.45) is 5.92 Å². The van der Waals surface area contributed by atoms with E-state index in [0.717, 1.165) is 12.0 Å². The maximum Gasteiger partial charge on any atom is 0.268 e. The van der Waals surface area contributed by atoms with Crippen molar-refractivity contribution in [2.75, 3.05) is 14.2 Å². The van der Waals surface area contributed by atoms with Crippen molar-refractivity contribution in [2.45, 2.75) is 26.3 Å². The Balaban J connectivity index is 1.87. The largest absolute Gasteiger partial charge is 0.493 e. The Morgan fingerprint density at radius 1 is 0.971 bits per heavy atom. The summed E-state index contributed by atoms with van der Waals surface area (Å²) in [5.74, 6) is 0.829. The smallest absolute Gasteiger partial charge is 0.268 e. The summed E-state index contributed by atoms with van der Waals surface area (Å²) in [6.07, 6.45) is 3.75. The van der Waals surface area contributed by atoms with Crippen LogP contribution in [0.1, 0.15) is 48.0 Å². The monoisotopic (exact) mass is 462 g/mol. The highest BCUT2D eigenvalue weighted by Crippen LogP contribution is 2.28. The summed E-state index contributed by atoms with van der Waals surface area (Å²) in [6, 6.07) is 17.8. The lowest BCUT2D eigenvalue weighted by Crippen LogP contribution is -2.37. The molecule has 0 fully saturated rings. The topological polar surface area (TPSA) is 89.8 Å². The van der Waals surface area contributed by atoms with Gasteiger partial charge in [-0.3, -0.25) is 9.59 Å². The van der Waals surface area contributed by atoms with Crippen molar-refractivity contribution in [3.63, 3.8) is 0 Å². The van der Waals surface area contributed by atoms with Gasteiger partial charge in [0.25, 0.3) is 11.8 Å². The van der Waals surface area contributed by atoms with E-state index in [2.05, 4.69) is 24.5 Å². The molecule has 2 N–H and O–H groups in total. The average molecular weight is 463 g/mol. The highest BCUT2D eigenvalue weighted by atomic mass is 16.5. The molecule has 34 heavy (non-hydrogen) atoms. The van der Waals surface area contributed by atoms with Gasteiger partial charge in [-0.1, -0.05) is 44.2 Å². The Morgan fingerprint density at radius 2 is 1.71 bits per heavy atom. The first-order valence-electron chi connectivity index (χ1n) is 11.1. The lowest BCUT2D eigenvalue weighted by molar-refractivity contribution is -0.118. The van der Waals surface area contributed by atoms with Crippen LogP contribution in [0.4, 0.5) is 0 Å². The molecule has 0 aliphatic rings. The van der Waals surface area contributed by atoms with E-state index in [9.17, 15) is 9.59 Å². The summed E-state index contributed by atoms with van der Waals surface area (Å²) in [5, 5.41) is 5.79. The molecule has 2 aromatic carbocycles. The molecule has 0 aliphatic carbocycles. The first kappa shape index (κ1) is 24.6. The Morgan fingerprint density at radius 3 is 2.32 bits per heavy atom. The number of methoxy groups -OCH3 is 2. The summed E-state index contributed by atoms with van der Waals surface area (Å²) >= 11 is 0. The molecule has 0 radical (unpaired) electrons. The minimum absolute atomic E-state index is 0.0689. The first-order valence-corrected chi connectivity index (χ1v) is 11.1. The molecular weight excluding hydrogens is 432 g/mol. The lowest BCUT2D eigenvalue weighted by atomic mass is 9.97. The van der Waals surface area contributed by atoms with Crippen LogP contribution in [0.3, 0.4) is 0 Å². The Hall–Kier alpha value is -4.00. The fourth-order valence-corrected chi connectivity index (χ4v) is 3.52. The number of amides is 2. The molecule has 1 heterocycles. The molecule has 3 aromatic rings. The van der Waals surface area contributed by atoms with Gasteiger partial charge < -0.3 is 24.5 Å². The average Bonchev–Trinajstić information content (AvgIpc) is 3.36. The zero-order valence-corrected chi connectivity index (χ0v) is 19.8. The number of carbonyl (C=O) groups is 2. The van der Waals surface area contributed by atoms with Gasteiger partial charge in [0.1, 0.15) is 11.5 Å². The van der Waals surface area contributed by atoms with E-state index >= 15 is 0 Å². The van der Waals surface area contributed by atoms with Crippen LogP contribution in [0.2, 0.25) is 0 Å². The van der Waals surface area contributed by atoms with E-state index < -0.39 is 11.8 Å². The van der Waals surface area contributed by atoms with Crippen molar-refractivity contribution < 1.29 is 23.5 Å². The lowest BCUT2D eigenvalue weighted by Gasteiger charge is -2.22. The van der Waals surface area contributed by atoms with Crippen molar-refractivity contribution in [3.8, 4) is 11.5 Å². The minimum atomic E-state index is -0.464. The molecule has 0 spiro atoms. The number of hydrogen-bond acceptors (Lipinski definition) is 5. The van der Waals surface area contributed by atoms with E-state index in [0.29, 0.717) is 28.7 Å². The fraction of sp³-hybridized carbons (Fsp3) is 0.259. The van der Waals surface area contributed by atoms with Crippen LogP contribution in [0.25, 0.3) is 6.08 Å². The SMILES string of the molecule is COc1ccc(C(=O)N/C(=C\c2ccco2)C(=O)N[C@H](CC(C)C)c2ccccc2)cc1OC. The summed E-state index contributed by atoms with van der Waals surface area (Å²) in [6.45, 7) is 4.20. The number of ether oxygens (including phenoxy) is 2. The molecule has 0 aliphatic heterocycles. The zero-order chi connectivity index (χ0) is 24.5. The molecule has 2 amide bonds. The normalized spacial score (nSPS) is 12.2. The van der Waals surface area contributed by atoms with Gasteiger partial charge >= 0.3 is 0 Å². The predicted molar refractivity (Wildman–Crippen MR) is 130 cm³/mol. The van der Waals surface area contributed by atoms with Crippen molar-refractivity contribution >= 4 is 17.9 Å². The summed E-state index contributed by atoms with van der Waals surface area (Å²) in [4.78, 5) is 26.4. The minimum Gasteiger partial charge on any atom is -0.493 e. The van der Waals surface area contributed by atoms with E-state index in [1.807, 2.05) is 30.3 Å². The van der Waals surface area contributed by atoms with Crippen molar-refractivity contribution in [3.05, 3.63) is 89.5 Å². The number of rotatable bonds is 10. The summed E-state index contributed by atoms with van der Waals surface area (Å²) in [5.41, 5.74) is 1.38. The van der Waals surface area contributed by atoms with Crippen molar-refractivity contribution in [1.29, 1.82) is 0 Å². The van der Waals surface area contributed by atoms with Crippen LogP contribution in [0.5, 0.6) is 11.5 Å². The molecule has 0 bridgehead atoms. The molecular formula is C27H30N2O5. The molecule has 178 valence electrons. The van der Waals surface area contributed by atoms with E-state index in [4.69, 9.17) is 13.9 Å². The standard InChI is InChI=1S/C27H30N2O5/c1-18(2)15-22(19-9-6-5-7-10-19)28-27(31)23(17-21-11-8-14-34-21)29-26(30)20-12-13-24(32-3)25(16-20)33-4/h5-14,16-18,22H,15H2,1-4H3,(H,28,31)(H,29,30)/b23-17-/t22-/m1/s1. The number of furan rings is 1. The van der Waals surface area contributed by atoms with Gasteiger partial charge in [-0.15, -0.1) is 0 Å². The van der Waals surface area contributed by atoms with Crippen LogP contribution >= 0.6 is 0 Å². The maximum absolute atomic E-state index is 13.3. The van der Waals surface area contributed by atoms with Gasteiger partial charge in [-0.25, -0.2) is 0 Å². The third-order valence-electron chi connectivity index (χ3n) is 5.18. The highest BCUT2D eigenvalue weighted by molar-refractivity contribution is 6.05. The third kappa shape index (κ3) is 6.51. The summed E-state index contributed by atoms with van der Waals surface area (Å²) in [7, 11) is 3.01. The van der Waals surface area contributed by atoms with Crippen LogP contribution in [-0.2, 0) is 4.79 Å². The predicted octanol–water partition coefficient (Wildman–Crippen LogP) is 4.97. The molecule has 7 heteroatoms. The first-order chi connectivity index (χ1) is 16.4. The molecule has 3 rings (SSSR count). The molecule has 0 saturated carbocycles. The molecule has 0 unspecified atom stereocenters. The molecule has 1 atom stereocenters. The second-order valence-electron chi connectivity index (χ2n) is 8.16. The number of hydrogen-bond donors (Lipinski definition) is 2. The number of benzene rings is 2. The second-order valence-corrected chi connectivity index (χ2v) is 8.16. The second kappa shape index (κ2) is 11.7. The Kier molecular flexibility index (Phi) is 8.51. The van der Waals surface area contributed by atoms with Crippen molar-refractivity contribution in [1.82, 2.24) is 10.6 Å². The van der Waals surface area contributed by atoms with Crippen LogP contribution in [-0.4, -0.2) is 26.0 Å². The van der Waals surface area contributed by atoms with E-state index in [1.165, 1.54) is 26.6 Å². The van der Waals surface area contributed by atoms with E-state index in [1.54, 1.807) is 30.3 Å². The molecule has 7 nitrogen and oxygen atoms in total. The third-order valence-corrected chi connectivity index (χ3v) is 5.18. The van der Waals surface area contributed by atoms with Crippen LogP contribution in [0.15, 0.2) is 77.0 Å². The van der Waals surface area contributed by atoms with E-state index in [-0.39, 0.29) is 11.7 Å². The zero-order valence-electron chi connectivity index (χ0n) is 19.8. The van der Waals surface area contributed by atoms with Gasteiger partial charge in [-0.05, 0) is 48.2 Å². The number of nitrogens with one attached hydrogen (secondary N) is 2. The van der Waals surface area contributed by atoms with Crippen LogP contribution in [0, 0.1) is 5.92 Å². The quantitative estimate of drug-likeness (QED) is 0.415. The molecule has 1 aromatic heterocycles. The fourth-order valence-electron chi connectivity index (χ4n) is 3.52. The van der Waals surface area contributed by atoms with Gasteiger partial charge in [0, 0.05) is 11.6 Å². The number of carbonyl (C=O) groups excluding carboxylic acids is 2. The molecule has 0 saturated heterocycles. The maximum atomic E-state index is 13.3. The Bertz CT molecular complexity index is 1120. The van der Waals surface area contributed by atoms with Gasteiger partial charge in [0.15, 0.2) is 11.5 Å². The highest BCUT2D eigenvalue weighted by Gasteiger charge is 2.21. The van der Waals surface area contributed by atoms with Gasteiger partial charge in [0.2, 0.25) is 0 Å². The summed E-state index contributed by atoms with van der Waals surface area (Å²) < 4.78 is 15.9.